The van der Waals surface area contributed by atoms with Gasteiger partial charge in [-0.1, -0.05) is 11.8 Å². The normalized spacial score (nSPS) is 30.2. The van der Waals surface area contributed by atoms with Gasteiger partial charge >= 0.3 is 0 Å². The minimum absolute atomic E-state index is 0.125. The fourth-order valence-corrected chi connectivity index (χ4v) is 2.71. The third-order valence-electron chi connectivity index (χ3n) is 3.61. The van der Waals surface area contributed by atoms with E-state index in [1.54, 1.807) is 6.26 Å². The number of hydrogen-bond donors (Lipinski definition) is 6. The molecule has 0 bridgehead atoms. The molecule has 24 heavy (non-hydrogen) atoms. The third kappa shape index (κ3) is 3.61. The molecule has 0 radical (unpaired) electrons. The average Bonchev–Trinajstić information content (AvgIpc) is 2.54. The molecule has 0 amide bonds. The van der Waals surface area contributed by atoms with Gasteiger partial charge in [0.15, 0.2) is 17.2 Å². The topological polar surface area (TPSA) is 165 Å². The maximum absolute atomic E-state index is 12.0. The summed E-state index contributed by atoms with van der Waals surface area (Å²) in [7, 11) is 0. The Morgan fingerprint density at radius 3 is 2.54 bits per heavy atom. The van der Waals surface area contributed by atoms with E-state index in [0.717, 1.165) is 11.8 Å². The van der Waals surface area contributed by atoms with Crippen molar-refractivity contribution in [1.82, 2.24) is 9.97 Å². The number of rotatable bonds is 5. The Bertz CT molecular complexity index is 665. The second kappa shape index (κ2) is 7.59. The van der Waals surface area contributed by atoms with Crippen molar-refractivity contribution in [3.63, 3.8) is 0 Å². The van der Waals surface area contributed by atoms with Gasteiger partial charge in [0, 0.05) is 0 Å². The number of ether oxygens (including phenoxy) is 1. The van der Waals surface area contributed by atoms with Crippen LogP contribution in [-0.2, 0) is 4.74 Å². The summed E-state index contributed by atoms with van der Waals surface area (Å²) in [6.45, 7) is 0.588. The summed E-state index contributed by atoms with van der Waals surface area (Å²) in [4.78, 5) is 30.2. The lowest BCUT2D eigenvalue weighted by Gasteiger charge is -2.40. The predicted octanol–water partition coefficient (Wildman–Crippen LogP) is -2.09. The maximum Gasteiger partial charge on any atom is 0.264 e. The number of carbonyl (C=O) groups is 1. The number of nitrogens with one attached hydrogen (secondary N) is 2. The zero-order valence-corrected chi connectivity index (χ0v) is 13.8. The van der Waals surface area contributed by atoms with E-state index in [1.807, 2.05) is 0 Å². The molecule has 1 aliphatic heterocycles. The van der Waals surface area contributed by atoms with Crippen molar-refractivity contribution < 1.29 is 30.0 Å². The van der Waals surface area contributed by atoms with Gasteiger partial charge in [0.1, 0.15) is 35.8 Å². The van der Waals surface area contributed by atoms with Crippen LogP contribution in [0.1, 0.15) is 17.3 Å². The Balaban J connectivity index is 2.37. The average molecular weight is 361 g/mol. The molecule has 0 spiro atoms. The number of nitrogens with zero attached hydrogens (tertiary/aromatic N) is 1. The molecular weight excluding hydrogens is 342 g/mol. The van der Waals surface area contributed by atoms with Gasteiger partial charge < -0.3 is 35.5 Å². The third-order valence-corrected chi connectivity index (χ3v) is 4.19. The molecule has 2 heterocycles. The standard InChI is InChI=1S/C13H19N3O7S/c1-4(18)6-10(15-13(24-2)16-11(6)22)14-12-9(21)8(20)7(19)5(3-17)23-12/h5,7-9,12,17,19-21H,3H2,1-2H3,(H2,14,15,16,22)/t5-,7-,8+,9-,12-/m1/s1. The van der Waals surface area contributed by atoms with Crippen molar-refractivity contribution >= 4 is 23.4 Å². The molecule has 10 nitrogen and oxygen atoms in total. The summed E-state index contributed by atoms with van der Waals surface area (Å²) < 4.78 is 5.29. The van der Waals surface area contributed by atoms with Crippen LogP contribution in [0.25, 0.3) is 0 Å². The first-order valence-electron chi connectivity index (χ1n) is 7.06. The maximum atomic E-state index is 12.0. The summed E-state index contributed by atoms with van der Waals surface area (Å²) in [5.41, 5.74) is -0.918. The molecular formula is C13H19N3O7S. The number of aromatic amines is 1. The Morgan fingerprint density at radius 2 is 2.00 bits per heavy atom. The van der Waals surface area contributed by atoms with Gasteiger partial charge in [-0.3, -0.25) is 9.59 Å². The van der Waals surface area contributed by atoms with Gasteiger partial charge in [0.25, 0.3) is 5.56 Å². The fraction of sp³-hybridized carbons (Fsp3) is 0.615. The quantitative estimate of drug-likeness (QED) is 0.194. The van der Waals surface area contributed by atoms with Crippen LogP contribution in [-0.4, -0.2) is 79.7 Å². The Morgan fingerprint density at radius 1 is 1.33 bits per heavy atom. The number of ketones is 1. The predicted molar refractivity (Wildman–Crippen MR) is 84.0 cm³/mol. The van der Waals surface area contributed by atoms with Crippen LogP contribution in [0, 0.1) is 0 Å². The van der Waals surface area contributed by atoms with Crippen molar-refractivity contribution in [2.75, 3.05) is 18.2 Å². The molecule has 0 aromatic carbocycles. The number of carbonyl (C=O) groups excluding carboxylic acids is 1. The van der Waals surface area contributed by atoms with Crippen LogP contribution in [0.5, 0.6) is 0 Å². The molecule has 1 aliphatic rings. The summed E-state index contributed by atoms with van der Waals surface area (Å²) in [5.74, 6) is -0.677. The zero-order chi connectivity index (χ0) is 18.0. The number of thioether (sulfide) groups is 1. The van der Waals surface area contributed by atoms with Crippen LogP contribution in [0.3, 0.4) is 0 Å². The van der Waals surface area contributed by atoms with Crippen molar-refractivity contribution in [3.8, 4) is 0 Å². The zero-order valence-electron chi connectivity index (χ0n) is 13.0. The molecule has 1 saturated heterocycles. The van der Waals surface area contributed by atoms with Gasteiger partial charge in [-0.2, -0.15) is 0 Å². The van der Waals surface area contributed by atoms with Gasteiger partial charge in [0.2, 0.25) is 0 Å². The van der Waals surface area contributed by atoms with E-state index < -0.39 is 48.6 Å². The number of aliphatic hydroxyl groups is 4. The van der Waals surface area contributed by atoms with Crippen LogP contribution in [0.2, 0.25) is 0 Å². The van der Waals surface area contributed by atoms with Crippen LogP contribution in [0.15, 0.2) is 9.95 Å². The molecule has 1 fully saturated rings. The minimum Gasteiger partial charge on any atom is -0.394 e. The van der Waals surface area contributed by atoms with E-state index in [9.17, 15) is 30.0 Å². The Labute approximate surface area is 140 Å². The number of hydrogen-bond acceptors (Lipinski definition) is 10. The molecule has 2 rings (SSSR count). The number of H-pyrrole nitrogens is 1. The first-order valence-corrected chi connectivity index (χ1v) is 8.29. The largest absolute Gasteiger partial charge is 0.394 e. The highest BCUT2D eigenvalue weighted by atomic mass is 32.2. The molecule has 1 aromatic rings. The number of anilines is 1. The lowest BCUT2D eigenvalue weighted by atomic mass is 9.98. The number of aliphatic hydroxyl groups excluding tert-OH is 4. The number of Topliss-reactive ketones (excluding diaryl/α,β-unsaturated/α-hetero) is 1. The molecule has 0 unspecified atom stereocenters. The van der Waals surface area contributed by atoms with Crippen LogP contribution >= 0.6 is 11.8 Å². The van der Waals surface area contributed by atoms with E-state index in [2.05, 4.69) is 15.3 Å². The molecule has 134 valence electrons. The highest BCUT2D eigenvalue weighted by molar-refractivity contribution is 7.98. The Kier molecular flexibility index (Phi) is 5.96. The van der Waals surface area contributed by atoms with E-state index in [1.165, 1.54) is 6.92 Å². The van der Waals surface area contributed by atoms with Gasteiger partial charge in [-0.05, 0) is 13.2 Å². The highest BCUT2D eigenvalue weighted by Crippen LogP contribution is 2.23. The van der Waals surface area contributed by atoms with E-state index >= 15 is 0 Å². The molecule has 0 aliphatic carbocycles. The van der Waals surface area contributed by atoms with Crippen LogP contribution in [0.4, 0.5) is 5.82 Å². The summed E-state index contributed by atoms with van der Waals surface area (Å²) in [6.07, 6.45) is -5.41. The lowest BCUT2D eigenvalue weighted by molar-refractivity contribution is -0.221. The highest BCUT2D eigenvalue weighted by Gasteiger charge is 2.43. The molecule has 5 atom stereocenters. The molecule has 0 saturated carbocycles. The SMILES string of the molecule is CSc1nc(N[C@@H]2O[C@H](CO)[C@@H](O)[C@H](O)[C@H]2O)c(C(C)=O)c(=O)[nH]1. The number of aromatic nitrogens is 2. The lowest BCUT2D eigenvalue weighted by Crippen LogP contribution is -2.60. The first kappa shape index (κ1) is 18.8. The van der Waals surface area contributed by atoms with Crippen molar-refractivity contribution in [2.45, 2.75) is 42.7 Å². The van der Waals surface area contributed by atoms with Crippen molar-refractivity contribution in [2.24, 2.45) is 0 Å². The monoisotopic (exact) mass is 361 g/mol. The summed E-state index contributed by atoms with van der Waals surface area (Å²) in [5, 5.41) is 41.6. The van der Waals surface area contributed by atoms with Gasteiger partial charge in [-0.15, -0.1) is 0 Å². The second-order valence-electron chi connectivity index (χ2n) is 5.25. The molecule has 11 heteroatoms. The molecule has 1 aromatic heterocycles. The molecule has 6 N–H and O–H groups in total. The van der Waals surface area contributed by atoms with Gasteiger partial charge in [0.05, 0.1) is 6.61 Å². The van der Waals surface area contributed by atoms with Crippen molar-refractivity contribution in [1.29, 1.82) is 0 Å². The van der Waals surface area contributed by atoms with E-state index in [0.29, 0.717) is 0 Å². The van der Waals surface area contributed by atoms with E-state index in [4.69, 9.17) is 4.74 Å². The summed E-state index contributed by atoms with van der Waals surface area (Å²) >= 11 is 1.14. The second-order valence-corrected chi connectivity index (χ2v) is 6.04. The Hall–Kier alpha value is -1.50. The summed E-state index contributed by atoms with van der Waals surface area (Å²) in [6, 6.07) is 0. The minimum atomic E-state index is -1.59. The van der Waals surface area contributed by atoms with Crippen LogP contribution < -0.4 is 10.9 Å². The van der Waals surface area contributed by atoms with Gasteiger partial charge in [-0.25, -0.2) is 4.98 Å². The van der Waals surface area contributed by atoms with E-state index in [-0.39, 0.29) is 16.5 Å². The first-order chi connectivity index (χ1) is 11.3. The fourth-order valence-electron chi connectivity index (χ4n) is 2.34. The smallest absolute Gasteiger partial charge is 0.264 e. The van der Waals surface area contributed by atoms with Crippen molar-refractivity contribution in [3.05, 3.63) is 15.9 Å².